The average Bonchev–Trinajstić information content (AvgIpc) is 2.55. The second kappa shape index (κ2) is 7.23. The number of rotatable bonds is 3. The number of nitrogens with zero attached hydrogens (tertiary/aromatic N) is 5. The number of ether oxygens (including phenoxy) is 1. The monoisotopic (exact) mass is 319 g/mol. The first-order valence-electron chi connectivity index (χ1n) is 8.29. The Hall–Kier alpha value is -1.73. The molecule has 1 aromatic rings. The first kappa shape index (κ1) is 16.1. The van der Waals surface area contributed by atoms with Crippen LogP contribution in [0.1, 0.15) is 13.8 Å². The summed E-state index contributed by atoms with van der Waals surface area (Å²) in [6.45, 7) is 9.29. The molecule has 0 bridgehead atoms. The fraction of sp³-hybridized carbons (Fsp3) is 0.688. The lowest BCUT2D eigenvalue weighted by molar-refractivity contribution is -0.136. The van der Waals surface area contributed by atoms with Crippen molar-refractivity contribution in [2.45, 2.75) is 26.1 Å². The summed E-state index contributed by atoms with van der Waals surface area (Å²) in [5.74, 6) is 0.954. The number of carbonyl (C=O) groups is 1. The van der Waals surface area contributed by atoms with Crippen LogP contribution < -0.4 is 4.90 Å². The number of carbonyl (C=O) groups excluding carboxylic acids is 1. The van der Waals surface area contributed by atoms with Gasteiger partial charge in [-0.05, 0) is 19.9 Å². The molecular formula is C16H25N5O2. The highest BCUT2D eigenvalue weighted by molar-refractivity contribution is 5.78. The van der Waals surface area contributed by atoms with E-state index < -0.39 is 0 Å². The van der Waals surface area contributed by atoms with Crippen LogP contribution in [-0.4, -0.2) is 83.7 Å². The summed E-state index contributed by atoms with van der Waals surface area (Å²) in [5.41, 5.74) is 0. The SMILES string of the molecule is C[C@H]1CN(CC(=O)N2CCN(c3ncccn3)CC2)C[C@H](C)O1. The van der Waals surface area contributed by atoms with Gasteiger partial charge >= 0.3 is 0 Å². The largest absolute Gasteiger partial charge is 0.373 e. The smallest absolute Gasteiger partial charge is 0.236 e. The summed E-state index contributed by atoms with van der Waals surface area (Å²) in [4.78, 5) is 27.3. The van der Waals surface area contributed by atoms with Crippen LogP contribution in [0.3, 0.4) is 0 Å². The van der Waals surface area contributed by atoms with Gasteiger partial charge in [-0.2, -0.15) is 0 Å². The zero-order chi connectivity index (χ0) is 16.2. The molecule has 0 radical (unpaired) electrons. The minimum Gasteiger partial charge on any atom is -0.373 e. The fourth-order valence-electron chi connectivity index (χ4n) is 3.32. The van der Waals surface area contributed by atoms with Crippen molar-refractivity contribution < 1.29 is 9.53 Å². The number of piperazine rings is 1. The van der Waals surface area contributed by atoms with E-state index >= 15 is 0 Å². The highest BCUT2D eigenvalue weighted by Gasteiger charge is 2.27. The van der Waals surface area contributed by atoms with Gasteiger partial charge in [-0.15, -0.1) is 0 Å². The number of amides is 1. The zero-order valence-electron chi connectivity index (χ0n) is 13.9. The fourth-order valence-corrected chi connectivity index (χ4v) is 3.32. The molecule has 2 aliphatic heterocycles. The molecule has 7 nitrogen and oxygen atoms in total. The average molecular weight is 319 g/mol. The first-order chi connectivity index (χ1) is 11.1. The number of anilines is 1. The van der Waals surface area contributed by atoms with Crippen molar-refractivity contribution in [2.75, 3.05) is 50.7 Å². The molecule has 2 atom stereocenters. The Labute approximate surface area is 137 Å². The van der Waals surface area contributed by atoms with Crippen LogP contribution in [0.4, 0.5) is 5.95 Å². The van der Waals surface area contributed by atoms with E-state index in [0.29, 0.717) is 6.54 Å². The summed E-state index contributed by atoms with van der Waals surface area (Å²) in [6, 6.07) is 1.81. The molecule has 3 heterocycles. The minimum atomic E-state index is 0.193. The second-order valence-electron chi connectivity index (χ2n) is 6.37. The number of morpholine rings is 1. The molecule has 126 valence electrons. The standard InChI is InChI=1S/C16H25N5O2/c1-13-10-19(11-14(2)23-13)12-15(22)20-6-8-21(9-7-20)16-17-4-3-5-18-16/h3-5,13-14H,6-12H2,1-2H3/t13-,14-/m0/s1. The van der Waals surface area contributed by atoms with Gasteiger partial charge in [-0.3, -0.25) is 9.69 Å². The molecule has 3 rings (SSSR count). The lowest BCUT2D eigenvalue weighted by atomic mass is 10.2. The van der Waals surface area contributed by atoms with Gasteiger partial charge in [0, 0.05) is 51.7 Å². The van der Waals surface area contributed by atoms with Crippen LogP contribution in [0.25, 0.3) is 0 Å². The van der Waals surface area contributed by atoms with Gasteiger partial charge in [-0.25, -0.2) is 9.97 Å². The maximum atomic E-state index is 12.5. The quantitative estimate of drug-likeness (QED) is 0.795. The van der Waals surface area contributed by atoms with Crippen molar-refractivity contribution in [3.63, 3.8) is 0 Å². The molecule has 7 heteroatoms. The van der Waals surface area contributed by atoms with Crippen molar-refractivity contribution in [3.8, 4) is 0 Å². The van der Waals surface area contributed by atoms with Crippen LogP contribution in [0.2, 0.25) is 0 Å². The highest BCUT2D eigenvalue weighted by Crippen LogP contribution is 2.13. The molecule has 0 spiro atoms. The minimum absolute atomic E-state index is 0.193. The van der Waals surface area contributed by atoms with Crippen molar-refractivity contribution in [1.82, 2.24) is 19.8 Å². The molecule has 2 saturated heterocycles. The summed E-state index contributed by atoms with van der Waals surface area (Å²) in [6.07, 6.45) is 3.89. The van der Waals surface area contributed by atoms with Gasteiger partial charge in [0.2, 0.25) is 11.9 Å². The molecule has 2 aliphatic rings. The molecule has 2 fully saturated rings. The molecule has 0 saturated carbocycles. The number of hydrogen-bond donors (Lipinski definition) is 0. The first-order valence-corrected chi connectivity index (χ1v) is 8.29. The molecular weight excluding hydrogens is 294 g/mol. The van der Waals surface area contributed by atoms with E-state index in [9.17, 15) is 4.79 Å². The van der Waals surface area contributed by atoms with Gasteiger partial charge in [0.05, 0.1) is 18.8 Å². The molecule has 0 aliphatic carbocycles. The lowest BCUT2D eigenvalue weighted by Gasteiger charge is -2.38. The Morgan fingerprint density at radius 1 is 1.13 bits per heavy atom. The zero-order valence-corrected chi connectivity index (χ0v) is 13.9. The second-order valence-corrected chi connectivity index (χ2v) is 6.37. The predicted octanol–water partition coefficient (Wildman–Crippen LogP) is 0.234. The van der Waals surface area contributed by atoms with E-state index in [1.54, 1.807) is 12.4 Å². The van der Waals surface area contributed by atoms with E-state index in [2.05, 4.69) is 33.6 Å². The van der Waals surface area contributed by atoms with Crippen molar-refractivity contribution in [1.29, 1.82) is 0 Å². The topological polar surface area (TPSA) is 61.8 Å². The highest BCUT2D eigenvalue weighted by atomic mass is 16.5. The summed E-state index contributed by atoms with van der Waals surface area (Å²) >= 11 is 0. The van der Waals surface area contributed by atoms with Gasteiger partial charge in [-0.1, -0.05) is 0 Å². The molecule has 0 unspecified atom stereocenters. The van der Waals surface area contributed by atoms with Crippen LogP contribution in [0.5, 0.6) is 0 Å². The number of hydrogen-bond acceptors (Lipinski definition) is 6. The molecule has 1 aromatic heterocycles. The molecule has 1 amide bonds. The van der Waals surface area contributed by atoms with E-state index in [4.69, 9.17) is 4.74 Å². The third kappa shape index (κ3) is 4.17. The predicted molar refractivity (Wildman–Crippen MR) is 87.3 cm³/mol. The summed E-state index contributed by atoms with van der Waals surface area (Å²) in [7, 11) is 0. The molecule has 0 aromatic carbocycles. The Kier molecular flexibility index (Phi) is 5.07. The third-order valence-electron chi connectivity index (χ3n) is 4.32. The normalized spacial score (nSPS) is 26.3. The van der Waals surface area contributed by atoms with E-state index in [0.717, 1.165) is 45.2 Å². The Morgan fingerprint density at radius 3 is 2.35 bits per heavy atom. The van der Waals surface area contributed by atoms with E-state index in [-0.39, 0.29) is 18.1 Å². The lowest BCUT2D eigenvalue weighted by Crippen LogP contribution is -2.54. The van der Waals surface area contributed by atoms with Crippen LogP contribution >= 0.6 is 0 Å². The van der Waals surface area contributed by atoms with Crippen LogP contribution in [0.15, 0.2) is 18.5 Å². The van der Waals surface area contributed by atoms with Crippen molar-refractivity contribution in [2.24, 2.45) is 0 Å². The molecule has 0 N–H and O–H groups in total. The summed E-state index contributed by atoms with van der Waals surface area (Å²) in [5, 5.41) is 0. The van der Waals surface area contributed by atoms with Gasteiger partial charge in [0.1, 0.15) is 0 Å². The van der Waals surface area contributed by atoms with Crippen molar-refractivity contribution >= 4 is 11.9 Å². The molecule has 23 heavy (non-hydrogen) atoms. The van der Waals surface area contributed by atoms with Crippen LogP contribution in [0, 0.1) is 0 Å². The Morgan fingerprint density at radius 2 is 1.74 bits per heavy atom. The van der Waals surface area contributed by atoms with E-state index in [1.165, 1.54) is 0 Å². The Bertz CT molecular complexity index is 508. The van der Waals surface area contributed by atoms with Gasteiger partial charge in [0.25, 0.3) is 0 Å². The van der Waals surface area contributed by atoms with E-state index in [1.807, 2.05) is 11.0 Å². The van der Waals surface area contributed by atoms with Crippen molar-refractivity contribution in [3.05, 3.63) is 18.5 Å². The number of aromatic nitrogens is 2. The maximum Gasteiger partial charge on any atom is 0.236 e. The third-order valence-corrected chi connectivity index (χ3v) is 4.32. The Balaban J connectivity index is 1.48. The summed E-state index contributed by atoms with van der Waals surface area (Å²) < 4.78 is 5.72. The van der Waals surface area contributed by atoms with Gasteiger partial charge in [0.15, 0.2) is 0 Å². The maximum absolute atomic E-state index is 12.5. The van der Waals surface area contributed by atoms with Gasteiger partial charge < -0.3 is 14.5 Å². The van der Waals surface area contributed by atoms with Crippen LogP contribution in [-0.2, 0) is 9.53 Å².